The predicted molar refractivity (Wildman–Crippen MR) is 85.8 cm³/mol. The molecule has 1 aliphatic carbocycles. The Labute approximate surface area is 119 Å². The lowest BCUT2D eigenvalue weighted by molar-refractivity contribution is 0.338. The molecule has 2 N–H and O–H groups in total. The maximum absolute atomic E-state index is 5.69. The van der Waals surface area contributed by atoms with E-state index in [1.54, 1.807) is 0 Å². The zero-order valence-electron chi connectivity index (χ0n) is 13.3. The maximum atomic E-state index is 5.69. The Bertz CT molecular complexity index is 320. The summed E-state index contributed by atoms with van der Waals surface area (Å²) in [6.45, 7) is 7.63. The Hall–Kier alpha value is -0.630. The molecule has 0 aromatic heterocycles. The molecule has 0 atom stereocenters. The van der Waals surface area contributed by atoms with Crippen LogP contribution in [0.1, 0.15) is 65.7 Å². The van der Waals surface area contributed by atoms with Gasteiger partial charge >= 0.3 is 0 Å². The molecular weight excluding hydrogens is 232 g/mol. The highest BCUT2D eigenvalue weighted by molar-refractivity contribution is 5.97. The lowest BCUT2D eigenvalue weighted by Gasteiger charge is -2.25. The summed E-state index contributed by atoms with van der Waals surface area (Å²) in [5.74, 6) is 0.700. The van der Waals surface area contributed by atoms with E-state index in [2.05, 4.69) is 31.8 Å². The first kappa shape index (κ1) is 16.4. The molecule has 0 heterocycles. The number of nitrogens with two attached hydrogens (primary N) is 1. The van der Waals surface area contributed by atoms with Crippen LogP contribution in [-0.2, 0) is 0 Å². The van der Waals surface area contributed by atoms with Crippen molar-refractivity contribution in [2.75, 3.05) is 13.6 Å². The van der Waals surface area contributed by atoms with Crippen molar-refractivity contribution in [1.82, 2.24) is 0 Å². The van der Waals surface area contributed by atoms with Crippen LogP contribution in [0.4, 0.5) is 0 Å². The maximum Gasteiger partial charge on any atom is 0.0375 e. The molecule has 2 nitrogen and oxygen atoms in total. The molecule has 110 valence electrons. The number of nitrogens with zero attached hydrogens (tertiary/aromatic N) is 1. The van der Waals surface area contributed by atoms with Gasteiger partial charge in [0, 0.05) is 18.7 Å². The van der Waals surface area contributed by atoms with Gasteiger partial charge in [-0.15, -0.1) is 0 Å². The first-order chi connectivity index (χ1) is 8.98. The number of hydrogen-bond acceptors (Lipinski definition) is 2. The lowest BCUT2D eigenvalue weighted by Crippen LogP contribution is -2.19. The van der Waals surface area contributed by atoms with Gasteiger partial charge in [0.2, 0.25) is 0 Å². The molecular formula is C17H32N2. The molecule has 1 aliphatic rings. The van der Waals surface area contributed by atoms with Crippen LogP contribution < -0.4 is 5.73 Å². The van der Waals surface area contributed by atoms with E-state index in [4.69, 9.17) is 5.73 Å². The van der Waals surface area contributed by atoms with E-state index in [1.807, 2.05) is 7.05 Å². The van der Waals surface area contributed by atoms with Crippen LogP contribution >= 0.6 is 0 Å². The summed E-state index contributed by atoms with van der Waals surface area (Å²) in [7, 11) is 1.94. The Morgan fingerprint density at radius 1 is 1.26 bits per heavy atom. The van der Waals surface area contributed by atoms with Crippen molar-refractivity contribution in [3.63, 3.8) is 0 Å². The minimum Gasteiger partial charge on any atom is -0.330 e. The van der Waals surface area contributed by atoms with Gasteiger partial charge in [-0.3, -0.25) is 4.99 Å². The first-order valence-corrected chi connectivity index (χ1v) is 7.82. The van der Waals surface area contributed by atoms with Gasteiger partial charge in [0.1, 0.15) is 0 Å². The number of rotatable bonds is 6. The fraction of sp³-hybridized carbons (Fsp3) is 0.824. The van der Waals surface area contributed by atoms with Crippen LogP contribution in [0.5, 0.6) is 0 Å². The van der Waals surface area contributed by atoms with Crippen molar-refractivity contribution in [2.45, 2.75) is 65.7 Å². The standard InChI is InChI=1S/C17H32N2/c1-14(13-17(2,3)10-11-18)12-16(19-4)15-8-6-5-7-9-15/h12,15H,5-11,13,18H2,1-4H3/b14-12-,19-16?. The van der Waals surface area contributed by atoms with Crippen LogP contribution in [0.2, 0.25) is 0 Å². The van der Waals surface area contributed by atoms with Gasteiger partial charge in [0.05, 0.1) is 0 Å². The highest BCUT2D eigenvalue weighted by atomic mass is 14.7. The summed E-state index contributed by atoms with van der Waals surface area (Å²) in [5, 5.41) is 0. The van der Waals surface area contributed by atoms with Crippen LogP contribution in [0.25, 0.3) is 0 Å². The Balaban J connectivity index is 2.64. The van der Waals surface area contributed by atoms with Crippen molar-refractivity contribution in [2.24, 2.45) is 22.1 Å². The SMILES string of the molecule is CN=C(/C=C(/C)CC(C)(C)CCN)C1CCCCC1. The summed E-state index contributed by atoms with van der Waals surface area (Å²) in [6.07, 6.45) is 11.3. The fourth-order valence-electron chi connectivity index (χ4n) is 3.30. The Morgan fingerprint density at radius 2 is 1.89 bits per heavy atom. The van der Waals surface area contributed by atoms with Gasteiger partial charge in [0.25, 0.3) is 0 Å². The molecule has 1 rings (SSSR count). The van der Waals surface area contributed by atoms with Crippen molar-refractivity contribution in [1.29, 1.82) is 0 Å². The smallest absolute Gasteiger partial charge is 0.0375 e. The van der Waals surface area contributed by atoms with E-state index in [9.17, 15) is 0 Å². The Morgan fingerprint density at radius 3 is 2.42 bits per heavy atom. The largest absolute Gasteiger partial charge is 0.330 e. The highest BCUT2D eigenvalue weighted by Gasteiger charge is 2.20. The van der Waals surface area contributed by atoms with Crippen LogP contribution in [0.3, 0.4) is 0 Å². The molecule has 0 bridgehead atoms. The van der Waals surface area contributed by atoms with Crippen molar-refractivity contribution < 1.29 is 0 Å². The first-order valence-electron chi connectivity index (χ1n) is 7.82. The molecule has 0 aliphatic heterocycles. The zero-order chi connectivity index (χ0) is 14.3. The topological polar surface area (TPSA) is 38.4 Å². The third-order valence-corrected chi connectivity index (χ3v) is 4.25. The molecule has 0 aromatic carbocycles. The quantitative estimate of drug-likeness (QED) is 0.712. The molecule has 0 spiro atoms. The normalized spacial score (nSPS) is 19.8. The molecule has 19 heavy (non-hydrogen) atoms. The molecule has 0 aromatic rings. The number of aliphatic imine (C=N–C) groups is 1. The average molecular weight is 264 g/mol. The lowest BCUT2D eigenvalue weighted by atomic mass is 9.81. The predicted octanol–water partition coefficient (Wildman–Crippen LogP) is 4.35. The minimum atomic E-state index is 0.306. The summed E-state index contributed by atoms with van der Waals surface area (Å²) >= 11 is 0. The molecule has 0 amide bonds. The fourth-order valence-corrected chi connectivity index (χ4v) is 3.30. The molecule has 1 saturated carbocycles. The Kier molecular flexibility index (Phi) is 6.78. The second-order valence-electron chi connectivity index (χ2n) is 6.85. The van der Waals surface area contributed by atoms with Crippen molar-refractivity contribution in [3.05, 3.63) is 11.6 Å². The third-order valence-electron chi connectivity index (χ3n) is 4.25. The molecule has 1 fully saturated rings. The van der Waals surface area contributed by atoms with Crippen molar-refractivity contribution >= 4 is 5.71 Å². The zero-order valence-corrected chi connectivity index (χ0v) is 13.3. The van der Waals surface area contributed by atoms with E-state index in [0.717, 1.165) is 19.4 Å². The van der Waals surface area contributed by atoms with Gasteiger partial charge in [-0.2, -0.15) is 0 Å². The summed E-state index contributed by atoms with van der Waals surface area (Å²) in [5.41, 5.74) is 8.77. The third kappa shape index (κ3) is 5.90. The van der Waals surface area contributed by atoms with Gasteiger partial charge in [-0.05, 0) is 50.6 Å². The number of hydrogen-bond donors (Lipinski definition) is 1. The van der Waals surface area contributed by atoms with E-state index >= 15 is 0 Å². The number of allylic oxidation sites excluding steroid dienone is 2. The average Bonchev–Trinajstić information content (AvgIpc) is 2.36. The summed E-state index contributed by atoms with van der Waals surface area (Å²) in [4.78, 5) is 4.54. The van der Waals surface area contributed by atoms with Gasteiger partial charge in [-0.25, -0.2) is 0 Å². The van der Waals surface area contributed by atoms with Crippen LogP contribution in [-0.4, -0.2) is 19.3 Å². The van der Waals surface area contributed by atoms with Gasteiger partial charge in [-0.1, -0.05) is 38.7 Å². The van der Waals surface area contributed by atoms with E-state index < -0.39 is 0 Å². The van der Waals surface area contributed by atoms with Crippen LogP contribution in [0, 0.1) is 11.3 Å². The second kappa shape index (κ2) is 7.84. The van der Waals surface area contributed by atoms with Gasteiger partial charge in [0.15, 0.2) is 0 Å². The molecule has 0 saturated heterocycles. The van der Waals surface area contributed by atoms with Crippen molar-refractivity contribution in [3.8, 4) is 0 Å². The molecule has 2 heteroatoms. The molecule has 0 unspecified atom stereocenters. The molecule has 0 radical (unpaired) electrons. The summed E-state index contributed by atoms with van der Waals surface area (Å²) < 4.78 is 0. The second-order valence-corrected chi connectivity index (χ2v) is 6.85. The monoisotopic (exact) mass is 264 g/mol. The van der Waals surface area contributed by atoms with E-state index in [-0.39, 0.29) is 0 Å². The minimum absolute atomic E-state index is 0.306. The van der Waals surface area contributed by atoms with E-state index in [1.165, 1.54) is 43.4 Å². The van der Waals surface area contributed by atoms with Gasteiger partial charge < -0.3 is 5.73 Å². The van der Waals surface area contributed by atoms with E-state index in [0.29, 0.717) is 11.3 Å². The summed E-state index contributed by atoms with van der Waals surface area (Å²) in [6, 6.07) is 0. The highest BCUT2D eigenvalue weighted by Crippen LogP contribution is 2.30. The van der Waals surface area contributed by atoms with Crippen LogP contribution in [0.15, 0.2) is 16.6 Å².